The van der Waals surface area contributed by atoms with Crippen LogP contribution in [-0.2, 0) is 18.4 Å². The van der Waals surface area contributed by atoms with E-state index < -0.39 is 12.1 Å². The lowest BCUT2D eigenvalue weighted by Gasteiger charge is -2.22. The number of aryl methyl sites for hydroxylation is 1. The lowest BCUT2D eigenvalue weighted by molar-refractivity contribution is -0.192. The van der Waals surface area contributed by atoms with Crippen molar-refractivity contribution in [2.24, 2.45) is 7.05 Å². The highest BCUT2D eigenvalue weighted by molar-refractivity contribution is 5.97. The molecule has 0 unspecified atom stereocenters. The predicted octanol–water partition coefficient (Wildman–Crippen LogP) is 2.67. The number of nitrogens with one attached hydrogen (secondary N) is 2. The van der Waals surface area contributed by atoms with Gasteiger partial charge in [0.25, 0.3) is 5.91 Å². The minimum absolute atomic E-state index is 0.194. The predicted molar refractivity (Wildman–Crippen MR) is 116 cm³/mol. The fourth-order valence-electron chi connectivity index (χ4n) is 2.66. The van der Waals surface area contributed by atoms with Crippen LogP contribution in [0, 0.1) is 0 Å². The number of fused-ring (bicyclic) bond motifs is 1. The van der Waals surface area contributed by atoms with Gasteiger partial charge in [0.2, 0.25) is 0 Å². The second kappa shape index (κ2) is 10.2. The number of carboxylic acid groups (broad SMARTS) is 1. The van der Waals surface area contributed by atoms with Crippen molar-refractivity contribution in [1.82, 2.24) is 19.9 Å². The molecule has 178 valence electrons. The summed E-state index contributed by atoms with van der Waals surface area (Å²) in [4.78, 5) is 42.2. The first-order valence-electron chi connectivity index (χ1n) is 9.76. The van der Waals surface area contributed by atoms with Crippen LogP contribution in [0.1, 0.15) is 29.8 Å². The first-order valence-corrected chi connectivity index (χ1v) is 9.76. The number of carbonyl (C=O) groups excluding carboxylic acids is 1. The fourth-order valence-corrected chi connectivity index (χ4v) is 2.66. The molecule has 3 rings (SSSR count). The van der Waals surface area contributed by atoms with Crippen molar-refractivity contribution in [3.05, 3.63) is 58.1 Å². The van der Waals surface area contributed by atoms with Crippen molar-refractivity contribution in [2.75, 3.05) is 11.9 Å². The summed E-state index contributed by atoms with van der Waals surface area (Å²) in [6.07, 6.45) is -3.31. The average Bonchev–Trinajstić information content (AvgIpc) is 3.04. The van der Waals surface area contributed by atoms with E-state index in [0.717, 1.165) is 16.9 Å². The molecule has 0 aliphatic carbocycles. The molecule has 0 aliphatic heterocycles. The molecule has 2 aromatic heterocycles. The molecular weight excluding hydrogens is 443 g/mol. The summed E-state index contributed by atoms with van der Waals surface area (Å²) < 4.78 is 33.2. The minimum Gasteiger partial charge on any atom is -0.475 e. The van der Waals surface area contributed by atoms with Crippen molar-refractivity contribution >= 4 is 28.7 Å². The quantitative estimate of drug-likeness (QED) is 0.531. The van der Waals surface area contributed by atoms with Crippen LogP contribution in [0.5, 0.6) is 0 Å². The zero-order valence-electron chi connectivity index (χ0n) is 18.4. The Morgan fingerprint density at radius 1 is 1.24 bits per heavy atom. The molecule has 0 saturated heterocycles. The van der Waals surface area contributed by atoms with E-state index in [1.54, 1.807) is 31.4 Å². The molecular formula is C21H24F3N5O4. The molecule has 1 aromatic carbocycles. The Morgan fingerprint density at radius 2 is 1.88 bits per heavy atom. The molecule has 1 amide bonds. The Morgan fingerprint density at radius 3 is 2.39 bits per heavy atom. The first-order chi connectivity index (χ1) is 15.3. The van der Waals surface area contributed by atoms with Crippen molar-refractivity contribution < 1.29 is 27.9 Å². The number of aliphatic carboxylic acids is 1. The van der Waals surface area contributed by atoms with Gasteiger partial charge in [0.15, 0.2) is 0 Å². The van der Waals surface area contributed by atoms with Gasteiger partial charge in [0.1, 0.15) is 5.82 Å². The van der Waals surface area contributed by atoms with Gasteiger partial charge in [-0.2, -0.15) is 13.2 Å². The maximum absolute atomic E-state index is 12.4. The first kappa shape index (κ1) is 25.4. The van der Waals surface area contributed by atoms with E-state index in [1.807, 2.05) is 19.2 Å². The van der Waals surface area contributed by atoms with E-state index in [0.29, 0.717) is 23.7 Å². The third kappa shape index (κ3) is 6.57. The van der Waals surface area contributed by atoms with Gasteiger partial charge in [-0.1, -0.05) is 6.07 Å². The van der Waals surface area contributed by atoms with Crippen molar-refractivity contribution in [3.8, 4) is 0 Å². The Hall–Kier alpha value is -3.83. The maximum atomic E-state index is 12.4. The van der Waals surface area contributed by atoms with Gasteiger partial charge in [-0.25, -0.2) is 14.6 Å². The number of amides is 1. The summed E-state index contributed by atoms with van der Waals surface area (Å²) >= 11 is 0. The number of nitrogens with zero attached hydrogens (tertiary/aromatic N) is 3. The number of pyridine rings is 1. The summed E-state index contributed by atoms with van der Waals surface area (Å²) in [5.74, 6) is -2.05. The summed E-state index contributed by atoms with van der Waals surface area (Å²) in [5, 5.41) is 10.0. The molecule has 2 heterocycles. The van der Waals surface area contributed by atoms with Crippen molar-refractivity contribution in [3.63, 3.8) is 0 Å². The Labute approximate surface area is 186 Å². The van der Waals surface area contributed by atoms with Gasteiger partial charge in [0.05, 0.1) is 11.0 Å². The van der Waals surface area contributed by atoms with Crippen LogP contribution in [-0.4, -0.2) is 50.8 Å². The highest BCUT2D eigenvalue weighted by atomic mass is 19.4. The summed E-state index contributed by atoms with van der Waals surface area (Å²) in [5.41, 5.74) is 2.64. The lowest BCUT2D eigenvalue weighted by atomic mass is 10.2. The molecule has 0 radical (unpaired) electrons. The van der Waals surface area contributed by atoms with Gasteiger partial charge >= 0.3 is 17.8 Å². The maximum Gasteiger partial charge on any atom is 0.490 e. The third-order valence-electron chi connectivity index (χ3n) is 4.81. The SMILES string of the molecule is CC(C)N(C)c1ccc(CNC(=O)c2ccc3c(c2)[nH]c(=O)n3C)cn1.O=C(O)C(F)(F)F. The lowest BCUT2D eigenvalue weighted by Crippen LogP contribution is -2.26. The van der Waals surface area contributed by atoms with Crippen LogP contribution in [0.15, 0.2) is 41.3 Å². The molecule has 0 atom stereocenters. The van der Waals surface area contributed by atoms with Crippen LogP contribution < -0.4 is 15.9 Å². The molecule has 33 heavy (non-hydrogen) atoms. The summed E-state index contributed by atoms with van der Waals surface area (Å²) in [6.45, 7) is 4.60. The number of rotatable bonds is 5. The van der Waals surface area contributed by atoms with E-state index in [9.17, 15) is 22.8 Å². The zero-order chi connectivity index (χ0) is 24.9. The molecule has 3 N–H and O–H groups in total. The fraction of sp³-hybridized carbons (Fsp3) is 0.333. The topological polar surface area (TPSA) is 120 Å². The summed E-state index contributed by atoms with van der Waals surface area (Å²) in [7, 11) is 3.69. The van der Waals surface area contributed by atoms with Crippen LogP contribution in [0.3, 0.4) is 0 Å². The number of benzene rings is 1. The number of carbonyl (C=O) groups is 2. The van der Waals surface area contributed by atoms with E-state index >= 15 is 0 Å². The normalized spacial score (nSPS) is 11.2. The van der Waals surface area contributed by atoms with Gasteiger partial charge in [-0.15, -0.1) is 0 Å². The summed E-state index contributed by atoms with van der Waals surface area (Å²) in [6, 6.07) is 9.43. The van der Waals surface area contributed by atoms with E-state index in [2.05, 4.69) is 34.0 Å². The van der Waals surface area contributed by atoms with Crippen molar-refractivity contribution in [1.29, 1.82) is 0 Å². The molecule has 0 spiro atoms. The van der Waals surface area contributed by atoms with Crippen LogP contribution in [0.25, 0.3) is 11.0 Å². The molecule has 0 aliphatic rings. The molecule has 12 heteroatoms. The number of aromatic amines is 1. The van der Waals surface area contributed by atoms with Gasteiger partial charge < -0.3 is 20.3 Å². The van der Waals surface area contributed by atoms with E-state index in [-0.39, 0.29) is 11.6 Å². The number of H-pyrrole nitrogens is 1. The highest BCUT2D eigenvalue weighted by Gasteiger charge is 2.38. The highest BCUT2D eigenvalue weighted by Crippen LogP contribution is 2.14. The number of halogens is 3. The van der Waals surface area contributed by atoms with Crippen LogP contribution >= 0.6 is 0 Å². The molecule has 0 fully saturated rings. The minimum atomic E-state index is -5.08. The standard InChI is InChI=1S/C19H23N5O2.C2HF3O2/c1-12(2)23(3)17-8-5-13(10-20-17)11-21-18(25)14-6-7-16-15(9-14)22-19(26)24(16)4;3-2(4,5)1(6)7/h5-10,12H,11H2,1-4H3,(H,21,25)(H,22,26);(H,6,7). The smallest absolute Gasteiger partial charge is 0.475 e. The number of anilines is 1. The Bertz CT molecular complexity index is 1180. The molecule has 0 saturated carbocycles. The monoisotopic (exact) mass is 467 g/mol. The largest absolute Gasteiger partial charge is 0.490 e. The second-order valence-corrected chi connectivity index (χ2v) is 7.44. The third-order valence-corrected chi connectivity index (χ3v) is 4.81. The average molecular weight is 467 g/mol. The van der Waals surface area contributed by atoms with Gasteiger partial charge in [0, 0.05) is 38.4 Å². The number of imidazole rings is 1. The van der Waals surface area contributed by atoms with Crippen LogP contribution in [0.4, 0.5) is 19.0 Å². The number of hydrogen-bond acceptors (Lipinski definition) is 5. The number of alkyl halides is 3. The van der Waals surface area contributed by atoms with E-state index in [4.69, 9.17) is 9.90 Å². The Kier molecular flexibility index (Phi) is 7.85. The number of aromatic nitrogens is 3. The zero-order valence-corrected chi connectivity index (χ0v) is 18.4. The number of carboxylic acids is 1. The van der Waals surface area contributed by atoms with Crippen molar-refractivity contribution in [2.45, 2.75) is 32.6 Å². The number of hydrogen-bond donors (Lipinski definition) is 3. The van der Waals surface area contributed by atoms with Gasteiger partial charge in [-0.3, -0.25) is 9.36 Å². The van der Waals surface area contributed by atoms with E-state index in [1.165, 1.54) is 4.57 Å². The Balaban J connectivity index is 0.000000479. The molecule has 3 aromatic rings. The molecule has 0 bridgehead atoms. The van der Waals surface area contributed by atoms with Crippen LogP contribution in [0.2, 0.25) is 0 Å². The molecule has 9 nitrogen and oxygen atoms in total. The second-order valence-electron chi connectivity index (χ2n) is 7.44. The van der Waals surface area contributed by atoms with Gasteiger partial charge in [-0.05, 0) is 43.7 Å².